The third-order valence-corrected chi connectivity index (χ3v) is 5.51. The van der Waals surface area contributed by atoms with E-state index in [1.807, 2.05) is 4.68 Å². The number of aldehydes is 1. The molecular formula is C22H26FN5O3. The van der Waals surface area contributed by atoms with Crippen LogP contribution in [0.3, 0.4) is 0 Å². The first kappa shape index (κ1) is 22.3. The normalized spacial score (nSPS) is 15.8. The lowest BCUT2D eigenvalue weighted by Crippen LogP contribution is -2.28. The van der Waals surface area contributed by atoms with E-state index in [1.165, 1.54) is 38.4 Å². The minimum Gasteiger partial charge on any atom is -0.365 e. The number of nitrogens with zero attached hydrogens (tertiary/aromatic N) is 3. The number of nitroso groups, excluding NO2 is 1. The van der Waals surface area contributed by atoms with E-state index in [0.717, 1.165) is 29.7 Å². The Hall–Kier alpha value is -3.36. The molecule has 1 aliphatic heterocycles. The van der Waals surface area contributed by atoms with Gasteiger partial charge in [-0.25, -0.2) is 9.07 Å². The number of anilines is 1. The zero-order valence-corrected chi connectivity index (χ0v) is 17.4. The Kier molecular flexibility index (Phi) is 7.64. The maximum Gasteiger partial charge on any atom is 0.257 e. The van der Waals surface area contributed by atoms with Gasteiger partial charge in [0, 0.05) is 18.0 Å². The molecule has 2 aliphatic rings. The quantitative estimate of drug-likeness (QED) is 0.559. The number of allylic oxidation sites excluding steroid dienone is 1. The molecule has 9 heteroatoms. The van der Waals surface area contributed by atoms with E-state index in [1.54, 1.807) is 18.3 Å². The lowest BCUT2D eigenvalue weighted by atomic mass is 9.83. The van der Waals surface area contributed by atoms with Gasteiger partial charge in [-0.2, -0.15) is 10.0 Å². The summed E-state index contributed by atoms with van der Waals surface area (Å²) >= 11 is 0. The van der Waals surface area contributed by atoms with E-state index in [9.17, 15) is 14.0 Å². The van der Waals surface area contributed by atoms with Gasteiger partial charge in [0.1, 0.15) is 23.5 Å². The summed E-state index contributed by atoms with van der Waals surface area (Å²) < 4.78 is 15.2. The van der Waals surface area contributed by atoms with Gasteiger partial charge in [0.15, 0.2) is 0 Å². The highest BCUT2D eigenvalue weighted by Gasteiger charge is 2.31. The van der Waals surface area contributed by atoms with Crippen LogP contribution in [0.25, 0.3) is 11.3 Å². The fraction of sp³-hybridized carbons (Fsp3) is 0.409. The van der Waals surface area contributed by atoms with Crippen LogP contribution in [-0.2, 0) is 4.79 Å². The van der Waals surface area contributed by atoms with Gasteiger partial charge in [-0.1, -0.05) is 36.6 Å². The molecule has 1 saturated carbocycles. The monoisotopic (exact) mass is 427 g/mol. The molecule has 0 atom stereocenters. The van der Waals surface area contributed by atoms with Crippen molar-refractivity contribution in [1.82, 2.24) is 15.1 Å². The first-order chi connectivity index (χ1) is 15.1. The average Bonchev–Trinajstić information content (AvgIpc) is 3.23. The lowest BCUT2D eigenvalue weighted by molar-refractivity contribution is -0.107. The van der Waals surface area contributed by atoms with Crippen LogP contribution in [0.15, 0.2) is 35.6 Å². The molecule has 0 radical (unpaired) electrons. The Bertz CT molecular complexity index is 962. The molecule has 8 nitrogen and oxygen atoms in total. The van der Waals surface area contributed by atoms with Crippen LogP contribution < -0.4 is 10.6 Å². The standard InChI is InChI=1S/C21H23FN4O2.CH3NO/c22-16-8-6-14(7-9-16)17-12-24-20-18(21(28)23-10-11-27)13-25-26(20)19(17)15-4-2-1-3-5-15;1-2-3/h6-9,11,13,15,24H,1-5,10,12H2,(H,23,28);1H3. The van der Waals surface area contributed by atoms with Crippen LogP contribution in [0, 0.1) is 16.6 Å². The van der Waals surface area contributed by atoms with Crippen LogP contribution >= 0.6 is 0 Å². The summed E-state index contributed by atoms with van der Waals surface area (Å²) in [7, 11) is 1.19. The first-order valence-corrected chi connectivity index (χ1v) is 10.3. The molecule has 31 heavy (non-hydrogen) atoms. The van der Waals surface area contributed by atoms with Crippen LogP contribution in [0.2, 0.25) is 0 Å². The second kappa shape index (κ2) is 10.6. The van der Waals surface area contributed by atoms with Gasteiger partial charge < -0.3 is 15.4 Å². The molecule has 1 amide bonds. The minimum atomic E-state index is -0.325. The molecular weight excluding hydrogens is 401 g/mol. The summed E-state index contributed by atoms with van der Waals surface area (Å²) in [5.41, 5.74) is 3.56. The Balaban J connectivity index is 0.000000858. The molecule has 0 bridgehead atoms. The van der Waals surface area contributed by atoms with Crippen LogP contribution in [0.4, 0.5) is 10.2 Å². The fourth-order valence-corrected chi connectivity index (χ4v) is 4.18. The predicted molar refractivity (Wildman–Crippen MR) is 117 cm³/mol. The molecule has 1 fully saturated rings. The second-order valence-corrected chi connectivity index (χ2v) is 7.44. The molecule has 4 rings (SSSR count). The second-order valence-electron chi connectivity index (χ2n) is 7.44. The number of nitrogens with one attached hydrogen (secondary N) is 2. The van der Waals surface area contributed by atoms with Gasteiger partial charge in [-0.15, -0.1) is 0 Å². The van der Waals surface area contributed by atoms with Gasteiger partial charge >= 0.3 is 0 Å². The van der Waals surface area contributed by atoms with Gasteiger partial charge in [0.25, 0.3) is 5.91 Å². The molecule has 0 spiro atoms. The fourth-order valence-electron chi connectivity index (χ4n) is 4.18. The highest BCUT2D eigenvalue weighted by Crippen LogP contribution is 2.41. The lowest BCUT2D eigenvalue weighted by Gasteiger charge is -2.32. The number of halogens is 1. The maximum absolute atomic E-state index is 13.4. The molecule has 164 valence electrons. The number of hydrogen-bond acceptors (Lipinski definition) is 6. The summed E-state index contributed by atoms with van der Waals surface area (Å²) in [6.45, 7) is 0.507. The molecule has 2 heterocycles. The third kappa shape index (κ3) is 5.04. The number of carbonyl (C=O) groups excluding carboxylic acids is 2. The summed E-state index contributed by atoms with van der Waals surface area (Å²) in [6, 6.07) is 6.53. The van der Waals surface area contributed by atoms with Gasteiger partial charge in [0.2, 0.25) is 0 Å². The van der Waals surface area contributed by atoms with E-state index >= 15 is 0 Å². The van der Waals surface area contributed by atoms with Crippen LogP contribution in [0.1, 0.15) is 48.0 Å². The molecule has 2 N–H and O–H groups in total. The summed E-state index contributed by atoms with van der Waals surface area (Å²) in [5, 5.41) is 12.6. The van der Waals surface area contributed by atoms with Crippen molar-refractivity contribution in [2.45, 2.75) is 32.1 Å². The smallest absolute Gasteiger partial charge is 0.257 e. The number of benzene rings is 1. The molecule has 1 aromatic heterocycles. The van der Waals surface area contributed by atoms with Gasteiger partial charge in [-0.05, 0) is 30.5 Å². The molecule has 0 saturated heterocycles. The number of rotatable bonds is 5. The summed E-state index contributed by atoms with van der Waals surface area (Å²) in [5.74, 6) is 0.408. The zero-order valence-electron chi connectivity index (χ0n) is 17.4. The number of hydrogen-bond donors (Lipinski definition) is 2. The van der Waals surface area contributed by atoms with Crippen molar-refractivity contribution in [1.29, 1.82) is 0 Å². The Morgan fingerprint density at radius 1 is 1.29 bits per heavy atom. The molecule has 2 aromatic rings. The number of carbonyl (C=O) groups is 2. The van der Waals surface area contributed by atoms with E-state index in [-0.39, 0.29) is 18.3 Å². The highest BCUT2D eigenvalue weighted by atomic mass is 19.1. The van der Waals surface area contributed by atoms with Crippen molar-refractivity contribution in [3.63, 3.8) is 0 Å². The molecule has 1 aliphatic carbocycles. The average molecular weight is 427 g/mol. The van der Waals surface area contributed by atoms with E-state index < -0.39 is 0 Å². The Morgan fingerprint density at radius 2 is 1.97 bits per heavy atom. The van der Waals surface area contributed by atoms with E-state index in [2.05, 4.69) is 20.9 Å². The maximum atomic E-state index is 13.4. The SMILES string of the molecule is CN=O.O=CCNC(=O)c1cnn2c1NCC(c1ccc(F)cc1)=C2C1CCCCC1. The van der Waals surface area contributed by atoms with Crippen molar-refractivity contribution < 1.29 is 14.0 Å². The first-order valence-electron chi connectivity index (χ1n) is 10.3. The third-order valence-electron chi connectivity index (χ3n) is 5.51. The zero-order chi connectivity index (χ0) is 22.2. The van der Waals surface area contributed by atoms with Crippen LogP contribution in [0.5, 0.6) is 0 Å². The van der Waals surface area contributed by atoms with Crippen molar-refractivity contribution >= 4 is 29.3 Å². The van der Waals surface area contributed by atoms with Crippen molar-refractivity contribution in [2.75, 3.05) is 25.5 Å². The largest absolute Gasteiger partial charge is 0.365 e. The Morgan fingerprint density at radius 3 is 2.61 bits per heavy atom. The molecule has 1 aromatic carbocycles. The topological polar surface area (TPSA) is 105 Å². The van der Waals surface area contributed by atoms with Gasteiger partial charge in [-0.3, -0.25) is 4.79 Å². The predicted octanol–water partition coefficient (Wildman–Crippen LogP) is 3.71. The Labute approximate surface area is 179 Å². The van der Waals surface area contributed by atoms with Gasteiger partial charge in [0.05, 0.1) is 25.5 Å². The number of fused-ring (bicyclic) bond motifs is 1. The van der Waals surface area contributed by atoms with E-state index in [0.29, 0.717) is 30.1 Å². The number of amides is 1. The van der Waals surface area contributed by atoms with E-state index in [4.69, 9.17) is 4.91 Å². The summed E-state index contributed by atoms with van der Waals surface area (Å²) in [4.78, 5) is 31.5. The minimum absolute atomic E-state index is 0.0321. The van der Waals surface area contributed by atoms with Crippen molar-refractivity contribution in [3.8, 4) is 0 Å². The van der Waals surface area contributed by atoms with Crippen molar-refractivity contribution in [2.24, 2.45) is 11.1 Å². The number of aromatic nitrogens is 2. The highest BCUT2D eigenvalue weighted by molar-refractivity contribution is 6.02. The van der Waals surface area contributed by atoms with Crippen molar-refractivity contribution in [3.05, 3.63) is 52.3 Å². The summed E-state index contributed by atoms with van der Waals surface area (Å²) in [6.07, 6.45) is 7.92. The van der Waals surface area contributed by atoms with Crippen LogP contribution in [-0.4, -0.2) is 42.1 Å². The molecule has 0 unspecified atom stereocenters.